The lowest BCUT2D eigenvalue weighted by atomic mass is 9.78. The number of halogens is 1. The van der Waals surface area contributed by atoms with E-state index >= 15 is 0 Å². The maximum absolute atomic E-state index is 13.4. The van der Waals surface area contributed by atoms with Gasteiger partial charge in [0.2, 0.25) is 5.91 Å². The lowest BCUT2D eigenvalue weighted by Crippen LogP contribution is -2.32. The van der Waals surface area contributed by atoms with Gasteiger partial charge in [-0.05, 0) is 37.0 Å². The standard InChI is InChI=1S/C22H20FN7O/c1-12(2)8-16-20-25-11-26-30(20)10-17(27-16)19-24-9-15-18(28-19)29-21(31)22(15,3)13-4-6-14(23)7-5-13/h4-7,9-12H,8H2,1-3H3,(H,24,28,29,31)/t22-/m0/s1. The Labute approximate surface area is 177 Å². The van der Waals surface area contributed by atoms with Gasteiger partial charge in [-0.2, -0.15) is 5.10 Å². The number of nitrogens with one attached hydrogen (secondary N) is 1. The van der Waals surface area contributed by atoms with Crippen LogP contribution < -0.4 is 5.32 Å². The summed E-state index contributed by atoms with van der Waals surface area (Å²) in [5, 5.41) is 7.08. The highest BCUT2D eigenvalue weighted by Gasteiger charge is 2.45. The lowest BCUT2D eigenvalue weighted by Gasteiger charge is -2.22. The van der Waals surface area contributed by atoms with Crippen LogP contribution >= 0.6 is 0 Å². The van der Waals surface area contributed by atoms with Crippen LogP contribution in [0.15, 0.2) is 43.0 Å². The summed E-state index contributed by atoms with van der Waals surface area (Å²) >= 11 is 0. The largest absolute Gasteiger partial charge is 0.309 e. The maximum atomic E-state index is 13.4. The number of carbonyl (C=O) groups excluding carboxylic acids is 1. The zero-order valence-electron chi connectivity index (χ0n) is 17.3. The van der Waals surface area contributed by atoms with E-state index < -0.39 is 5.41 Å². The van der Waals surface area contributed by atoms with Crippen molar-refractivity contribution in [3.63, 3.8) is 0 Å². The molecule has 1 aliphatic rings. The number of aromatic nitrogens is 6. The van der Waals surface area contributed by atoms with Crippen LogP contribution in [-0.2, 0) is 16.6 Å². The van der Waals surface area contributed by atoms with E-state index in [-0.39, 0.29) is 11.7 Å². The van der Waals surface area contributed by atoms with Gasteiger partial charge in [-0.25, -0.2) is 28.8 Å². The Morgan fingerprint density at radius 2 is 1.94 bits per heavy atom. The van der Waals surface area contributed by atoms with E-state index in [4.69, 9.17) is 4.98 Å². The van der Waals surface area contributed by atoms with E-state index in [9.17, 15) is 9.18 Å². The van der Waals surface area contributed by atoms with Gasteiger partial charge in [0.05, 0.1) is 11.9 Å². The highest BCUT2D eigenvalue weighted by atomic mass is 19.1. The van der Waals surface area contributed by atoms with Crippen LogP contribution in [0.1, 0.15) is 37.6 Å². The lowest BCUT2D eigenvalue weighted by molar-refractivity contribution is -0.119. The van der Waals surface area contributed by atoms with E-state index in [0.717, 1.165) is 12.1 Å². The fraction of sp³-hybridized carbons (Fsp3) is 0.273. The Kier molecular flexibility index (Phi) is 4.28. The third-order valence-corrected chi connectivity index (χ3v) is 5.60. The van der Waals surface area contributed by atoms with Crippen molar-refractivity contribution < 1.29 is 9.18 Å². The smallest absolute Gasteiger partial charge is 0.240 e. The van der Waals surface area contributed by atoms with Crippen molar-refractivity contribution in [3.05, 3.63) is 65.6 Å². The number of fused-ring (bicyclic) bond motifs is 2. The Morgan fingerprint density at radius 3 is 2.68 bits per heavy atom. The summed E-state index contributed by atoms with van der Waals surface area (Å²) in [6.45, 7) is 6.00. The van der Waals surface area contributed by atoms with E-state index in [1.54, 1.807) is 36.0 Å². The van der Waals surface area contributed by atoms with Crippen LogP contribution in [0.4, 0.5) is 10.2 Å². The van der Waals surface area contributed by atoms with Crippen molar-refractivity contribution in [1.82, 2.24) is 29.5 Å². The molecule has 9 heteroatoms. The molecule has 8 nitrogen and oxygen atoms in total. The molecule has 0 bridgehead atoms. The molecule has 31 heavy (non-hydrogen) atoms. The predicted molar refractivity (Wildman–Crippen MR) is 112 cm³/mol. The van der Waals surface area contributed by atoms with Crippen molar-refractivity contribution in [1.29, 1.82) is 0 Å². The first-order valence-corrected chi connectivity index (χ1v) is 10.0. The first kappa shape index (κ1) is 19.2. The predicted octanol–water partition coefficient (Wildman–Crippen LogP) is 3.18. The zero-order valence-corrected chi connectivity index (χ0v) is 17.3. The molecule has 4 aromatic rings. The second kappa shape index (κ2) is 6.90. The molecular formula is C22H20FN7O. The van der Waals surface area contributed by atoms with Crippen molar-refractivity contribution in [2.24, 2.45) is 5.92 Å². The second-order valence-electron chi connectivity index (χ2n) is 8.24. The molecule has 3 aromatic heterocycles. The van der Waals surface area contributed by atoms with Crippen LogP contribution in [0.25, 0.3) is 17.2 Å². The third-order valence-electron chi connectivity index (χ3n) is 5.60. The maximum Gasteiger partial charge on any atom is 0.240 e. The minimum Gasteiger partial charge on any atom is -0.309 e. The Hall–Kier alpha value is -3.75. The molecule has 1 aromatic carbocycles. The molecule has 1 aliphatic heterocycles. The second-order valence-corrected chi connectivity index (χ2v) is 8.24. The highest BCUT2D eigenvalue weighted by Crippen LogP contribution is 2.41. The number of hydrogen-bond donors (Lipinski definition) is 1. The number of carbonyl (C=O) groups is 1. The minimum absolute atomic E-state index is 0.235. The molecule has 0 radical (unpaired) electrons. The van der Waals surface area contributed by atoms with Crippen molar-refractivity contribution in [2.75, 3.05) is 5.32 Å². The van der Waals surface area contributed by atoms with Crippen LogP contribution in [-0.4, -0.2) is 35.5 Å². The normalized spacial score (nSPS) is 17.9. The van der Waals surface area contributed by atoms with Gasteiger partial charge >= 0.3 is 0 Å². The summed E-state index contributed by atoms with van der Waals surface area (Å²) in [6.07, 6.45) is 5.58. The molecule has 156 valence electrons. The molecular weight excluding hydrogens is 397 g/mol. The van der Waals surface area contributed by atoms with Crippen LogP contribution in [0, 0.1) is 11.7 Å². The average molecular weight is 417 g/mol. The minimum atomic E-state index is -1.01. The molecule has 0 saturated carbocycles. The van der Waals surface area contributed by atoms with Gasteiger partial charge < -0.3 is 5.32 Å². The molecule has 4 heterocycles. The number of rotatable bonds is 4. The van der Waals surface area contributed by atoms with Gasteiger partial charge in [-0.3, -0.25) is 4.79 Å². The summed E-state index contributed by atoms with van der Waals surface area (Å²) in [7, 11) is 0. The molecule has 5 rings (SSSR count). The fourth-order valence-corrected chi connectivity index (χ4v) is 3.91. The molecule has 1 amide bonds. The SMILES string of the molecule is CC(C)Cc1nc(-c2ncc3c(n2)NC(=O)[C@@]3(C)c2ccc(F)cc2)cn2ncnc12. The topological polar surface area (TPSA) is 98.0 Å². The van der Waals surface area contributed by atoms with Crippen molar-refractivity contribution in [3.8, 4) is 11.5 Å². The number of nitrogens with zero attached hydrogens (tertiary/aromatic N) is 6. The van der Waals surface area contributed by atoms with Gasteiger partial charge in [-0.15, -0.1) is 0 Å². The summed E-state index contributed by atoms with van der Waals surface area (Å²) in [6, 6.07) is 5.90. The van der Waals surface area contributed by atoms with Crippen molar-refractivity contribution in [2.45, 2.75) is 32.6 Å². The molecule has 1 atom stereocenters. The number of anilines is 1. The fourth-order valence-electron chi connectivity index (χ4n) is 3.91. The third kappa shape index (κ3) is 3.04. The summed E-state index contributed by atoms with van der Waals surface area (Å²) in [5.41, 5.74) is 2.36. The molecule has 1 N–H and O–H groups in total. The van der Waals surface area contributed by atoms with Gasteiger partial charge in [0.25, 0.3) is 0 Å². The van der Waals surface area contributed by atoms with Crippen molar-refractivity contribution >= 4 is 17.4 Å². The van der Waals surface area contributed by atoms with Gasteiger partial charge in [0.15, 0.2) is 11.5 Å². The number of hydrogen-bond acceptors (Lipinski definition) is 6. The molecule has 0 fully saturated rings. The quantitative estimate of drug-likeness (QED) is 0.548. The highest BCUT2D eigenvalue weighted by molar-refractivity contribution is 6.07. The van der Waals surface area contributed by atoms with E-state index in [1.807, 2.05) is 0 Å². The van der Waals surface area contributed by atoms with E-state index in [1.165, 1.54) is 18.5 Å². The summed E-state index contributed by atoms with van der Waals surface area (Å²) in [5.74, 6) is 0.600. The molecule has 0 spiro atoms. The molecule has 0 unspecified atom stereocenters. The number of benzene rings is 1. The Morgan fingerprint density at radius 1 is 1.16 bits per heavy atom. The Bertz CT molecular complexity index is 1320. The first-order valence-electron chi connectivity index (χ1n) is 10.0. The van der Waals surface area contributed by atoms with Gasteiger partial charge in [-0.1, -0.05) is 26.0 Å². The molecule has 0 aliphatic carbocycles. The van der Waals surface area contributed by atoms with E-state index in [0.29, 0.717) is 40.0 Å². The van der Waals surface area contributed by atoms with Crippen LogP contribution in [0.5, 0.6) is 0 Å². The average Bonchev–Trinajstić information content (AvgIpc) is 3.31. The first-order chi connectivity index (χ1) is 14.9. The van der Waals surface area contributed by atoms with E-state index in [2.05, 4.69) is 39.2 Å². The summed E-state index contributed by atoms with van der Waals surface area (Å²) < 4.78 is 15.1. The van der Waals surface area contributed by atoms with Gasteiger partial charge in [0, 0.05) is 11.8 Å². The number of amides is 1. The molecule has 0 saturated heterocycles. The zero-order chi connectivity index (χ0) is 21.8. The van der Waals surface area contributed by atoms with Gasteiger partial charge in [0.1, 0.15) is 29.1 Å². The monoisotopic (exact) mass is 417 g/mol. The van der Waals surface area contributed by atoms with Crippen LogP contribution in [0.2, 0.25) is 0 Å². The Balaban J connectivity index is 1.60. The summed E-state index contributed by atoms with van der Waals surface area (Å²) in [4.78, 5) is 31.0. The van der Waals surface area contributed by atoms with Crippen LogP contribution in [0.3, 0.4) is 0 Å².